The average Bonchev–Trinajstić information content (AvgIpc) is 3.58. The summed E-state index contributed by atoms with van der Waals surface area (Å²) in [6.07, 6.45) is -3.24. The first kappa shape index (κ1) is 26.2. The lowest BCUT2D eigenvalue weighted by atomic mass is 10.1. The standard InChI is InChI=1S/C28H23F4N3O4/c29-22-7-4-18(5-8-22)13-35(14-20-2-1-3-21(10-20)28(30,31)32)15-26-34-23(16-37-26)27(36)33-12-19-6-9-24-25(11-19)39-17-38-24/h1-11,16H,12-15,17H2,(H,33,36). The van der Waals surface area contributed by atoms with Crippen molar-refractivity contribution in [2.24, 2.45) is 0 Å². The van der Waals surface area contributed by atoms with Gasteiger partial charge in [0.15, 0.2) is 17.2 Å². The van der Waals surface area contributed by atoms with E-state index in [1.54, 1.807) is 35.2 Å². The molecular formula is C28H23F4N3O4. The zero-order valence-corrected chi connectivity index (χ0v) is 20.5. The van der Waals surface area contributed by atoms with Crippen molar-refractivity contribution < 1.29 is 36.2 Å². The van der Waals surface area contributed by atoms with Gasteiger partial charge in [-0.2, -0.15) is 13.2 Å². The Morgan fingerprint density at radius 3 is 2.44 bits per heavy atom. The number of rotatable bonds is 9. The van der Waals surface area contributed by atoms with Crippen LogP contribution < -0.4 is 14.8 Å². The number of amides is 1. The van der Waals surface area contributed by atoms with E-state index in [0.29, 0.717) is 17.1 Å². The third-order valence-corrected chi connectivity index (χ3v) is 6.01. The molecule has 1 amide bonds. The van der Waals surface area contributed by atoms with Gasteiger partial charge in [-0.15, -0.1) is 0 Å². The second-order valence-corrected chi connectivity index (χ2v) is 8.97. The molecule has 0 fully saturated rings. The van der Waals surface area contributed by atoms with Crippen LogP contribution >= 0.6 is 0 Å². The molecule has 1 aromatic heterocycles. The zero-order valence-electron chi connectivity index (χ0n) is 20.5. The van der Waals surface area contributed by atoms with Crippen molar-refractivity contribution in [1.82, 2.24) is 15.2 Å². The van der Waals surface area contributed by atoms with Crippen LogP contribution in [0.3, 0.4) is 0 Å². The van der Waals surface area contributed by atoms with Gasteiger partial charge in [-0.05, 0) is 47.0 Å². The molecule has 11 heteroatoms. The highest BCUT2D eigenvalue weighted by Crippen LogP contribution is 2.32. The van der Waals surface area contributed by atoms with E-state index in [-0.39, 0.29) is 44.6 Å². The molecule has 0 bridgehead atoms. The minimum Gasteiger partial charge on any atom is -0.454 e. The molecule has 0 aliphatic carbocycles. The normalized spacial score (nSPS) is 12.6. The minimum atomic E-state index is -4.47. The van der Waals surface area contributed by atoms with E-state index < -0.39 is 23.5 Å². The largest absolute Gasteiger partial charge is 0.454 e. The third kappa shape index (κ3) is 6.74. The van der Waals surface area contributed by atoms with Gasteiger partial charge in [0.05, 0.1) is 12.1 Å². The molecule has 0 atom stereocenters. The van der Waals surface area contributed by atoms with Crippen molar-refractivity contribution in [2.75, 3.05) is 6.79 Å². The quantitative estimate of drug-likeness (QED) is 0.274. The summed E-state index contributed by atoms with van der Waals surface area (Å²) in [6.45, 7) is 0.894. The minimum absolute atomic E-state index is 0.0616. The lowest BCUT2D eigenvalue weighted by Crippen LogP contribution is -2.24. The summed E-state index contributed by atoms with van der Waals surface area (Å²) in [6, 6.07) is 16.2. The summed E-state index contributed by atoms with van der Waals surface area (Å²) in [5.41, 5.74) is 1.30. The number of ether oxygens (including phenoxy) is 2. The van der Waals surface area contributed by atoms with Gasteiger partial charge in [0.25, 0.3) is 5.91 Å². The Labute approximate surface area is 221 Å². The van der Waals surface area contributed by atoms with Crippen LogP contribution in [-0.2, 0) is 32.4 Å². The van der Waals surface area contributed by atoms with Crippen LogP contribution in [0.4, 0.5) is 17.6 Å². The molecule has 2 heterocycles. The summed E-state index contributed by atoms with van der Waals surface area (Å²) < 4.78 is 69.2. The smallest absolute Gasteiger partial charge is 0.416 e. The fourth-order valence-electron chi connectivity index (χ4n) is 4.12. The second kappa shape index (κ2) is 11.2. The van der Waals surface area contributed by atoms with Crippen molar-refractivity contribution in [3.05, 3.63) is 113 Å². The lowest BCUT2D eigenvalue weighted by Gasteiger charge is -2.21. The number of nitrogens with one attached hydrogen (secondary N) is 1. The van der Waals surface area contributed by atoms with E-state index >= 15 is 0 Å². The number of hydrogen-bond acceptors (Lipinski definition) is 6. The molecule has 0 saturated heterocycles. The Morgan fingerprint density at radius 1 is 0.897 bits per heavy atom. The maximum atomic E-state index is 13.4. The number of alkyl halides is 3. The van der Waals surface area contributed by atoms with Gasteiger partial charge in [0.2, 0.25) is 12.7 Å². The summed E-state index contributed by atoms with van der Waals surface area (Å²) >= 11 is 0. The van der Waals surface area contributed by atoms with E-state index in [4.69, 9.17) is 13.9 Å². The number of benzene rings is 3. The zero-order chi connectivity index (χ0) is 27.4. The maximum Gasteiger partial charge on any atom is 0.416 e. The van der Waals surface area contributed by atoms with Gasteiger partial charge in [0.1, 0.15) is 12.1 Å². The van der Waals surface area contributed by atoms with E-state index in [1.807, 2.05) is 6.07 Å². The summed E-state index contributed by atoms with van der Waals surface area (Å²) in [5, 5.41) is 2.76. The molecule has 3 aromatic carbocycles. The van der Waals surface area contributed by atoms with Crippen LogP contribution in [-0.4, -0.2) is 22.6 Å². The fourth-order valence-corrected chi connectivity index (χ4v) is 4.12. The Hall–Kier alpha value is -4.38. The molecule has 202 valence electrons. The molecule has 1 N–H and O–H groups in total. The average molecular weight is 542 g/mol. The molecular weight excluding hydrogens is 518 g/mol. The summed E-state index contributed by atoms with van der Waals surface area (Å²) in [7, 11) is 0. The number of nitrogens with zero attached hydrogens (tertiary/aromatic N) is 2. The monoisotopic (exact) mass is 541 g/mol. The number of aromatic nitrogens is 1. The number of hydrogen-bond donors (Lipinski definition) is 1. The van der Waals surface area contributed by atoms with Crippen LogP contribution in [0.15, 0.2) is 77.4 Å². The Morgan fingerprint density at radius 2 is 1.64 bits per heavy atom. The van der Waals surface area contributed by atoms with Crippen LogP contribution in [0.1, 0.15) is 38.6 Å². The molecule has 0 spiro atoms. The number of halogens is 4. The molecule has 7 nitrogen and oxygen atoms in total. The highest BCUT2D eigenvalue weighted by molar-refractivity contribution is 5.91. The molecule has 1 aliphatic rings. The lowest BCUT2D eigenvalue weighted by molar-refractivity contribution is -0.137. The van der Waals surface area contributed by atoms with Crippen LogP contribution in [0.2, 0.25) is 0 Å². The Balaban J connectivity index is 1.27. The molecule has 1 aliphatic heterocycles. The van der Waals surface area contributed by atoms with Crippen LogP contribution in [0.5, 0.6) is 11.5 Å². The predicted molar refractivity (Wildman–Crippen MR) is 131 cm³/mol. The van der Waals surface area contributed by atoms with Crippen molar-refractivity contribution >= 4 is 5.91 Å². The van der Waals surface area contributed by atoms with Gasteiger partial charge in [0, 0.05) is 19.6 Å². The van der Waals surface area contributed by atoms with Gasteiger partial charge in [-0.1, -0.05) is 36.4 Å². The third-order valence-electron chi connectivity index (χ3n) is 6.01. The Kier molecular flexibility index (Phi) is 7.51. The van der Waals surface area contributed by atoms with E-state index in [1.165, 1.54) is 24.5 Å². The predicted octanol–water partition coefficient (Wildman–Crippen LogP) is 5.69. The van der Waals surface area contributed by atoms with Crippen LogP contribution in [0, 0.1) is 5.82 Å². The van der Waals surface area contributed by atoms with E-state index in [2.05, 4.69) is 10.3 Å². The fraction of sp³-hybridized carbons (Fsp3) is 0.214. The highest BCUT2D eigenvalue weighted by Gasteiger charge is 2.30. The Bertz CT molecular complexity index is 1450. The number of oxazole rings is 1. The highest BCUT2D eigenvalue weighted by atomic mass is 19.4. The molecule has 0 radical (unpaired) electrons. The van der Waals surface area contributed by atoms with Gasteiger partial charge < -0.3 is 19.2 Å². The molecule has 5 rings (SSSR count). The summed E-state index contributed by atoms with van der Waals surface area (Å²) in [4.78, 5) is 18.7. The number of carbonyl (C=O) groups excluding carboxylic acids is 1. The first-order chi connectivity index (χ1) is 18.7. The molecule has 0 saturated carbocycles. The molecule has 0 unspecified atom stereocenters. The maximum absolute atomic E-state index is 13.4. The van der Waals surface area contributed by atoms with E-state index in [9.17, 15) is 22.4 Å². The van der Waals surface area contributed by atoms with E-state index in [0.717, 1.165) is 23.3 Å². The van der Waals surface area contributed by atoms with Crippen molar-refractivity contribution in [3.63, 3.8) is 0 Å². The molecule has 39 heavy (non-hydrogen) atoms. The first-order valence-corrected chi connectivity index (χ1v) is 12.0. The second-order valence-electron chi connectivity index (χ2n) is 8.97. The number of fused-ring (bicyclic) bond motifs is 1. The number of carbonyl (C=O) groups is 1. The van der Waals surface area contributed by atoms with Gasteiger partial charge in [-0.3, -0.25) is 9.69 Å². The topological polar surface area (TPSA) is 76.8 Å². The van der Waals surface area contributed by atoms with Gasteiger partial charge in [-0.25, -0.2) is 9.37 Å². The van der Waals surface area contributed by atoms with Gasteiger partial charge >= 0.3 is 6.18 Å². The first-order valence-electron chi connectivity index (χ1n) is 12.0. The SMILES string of the molecule is O=C(NCc1ccc2c(c1)OCO2)c1coc(CN(Cc2ccc(F)cc2)Cc2cccc(C(F)(F)F)c2)n1. The van der Waals surface area contributed by atoms with Crippen LogP contribution in [0.25, 0.3) is 0 Å². The van der Waals surface area contributed by atoms with Crippen molar-refractivity contribution in [1.29, 1.82) is 0 Å². The van der Waals surface area contributed by atoms with Crippen molar-refractivity contribution in [3.8, 4) is 11.5 Å². The molecule has 4 aromatic rings. The summed E-state index contributed by atoms with van der Waals surface area (Å²) in [5.74, 6) is 0.601. The van der Waals surface area contributed by atoms with Crippen molar-refractivity contribution in [2.45, 2.75) is 32.4 Å².